The number of nitrogens with zero attached hydrogens (tertiary/aromatic N) is 3. The summed E-state index contributed by atoms with van der Waals surface area (Å²) in [6, 6.07) is 1.96. The summed E-state index contributed by atoms with van der Waals surface area (Å²) in [6.07, 6.45) is 1.85. The lowest BCUT2D eigenvalue weighted by atomic mass is 9.95. The molecule has 0 spiro atoms. The third kappa shape index (κ3) is 2.76. The predicted molar refractivity (Wildman–Crippen MR) is 80.4 cm³/mol. The minimum absolute atomic E-state index is 0.611. The Hall–Kier alpha value is -1.28. The summed E-state index contributed by atoms with van der Waals surface area (Å²) in [5, 5.41) is 13.1. The molecule has 1 aliphatic heterocycles. The molecule has 3 rings (SSSR count). The fourth-order valence-corrected chi connectivity index (χ4v) is 3.52. The van der Waals surface area contributed by atoms with E-state index >= 15 is 0 Å². The molecule has 2 aromatic heterocycles. The molecule has 3 heterocycles. The number of nitrogens with two attached hydrogens (primary N) is 1. The van der Waals surface area contributed by atoms with Crippen LogP contribution in [0.4, 0.5) is 5.82 Å². The number of rotatable bonds is 3. The number of thiophene rings is 1. The second-order valence-corrected chi connectivity index (χ2v) is 6.48. The molecule has 20 heavy (non-hydrogen) atoms. The number of hydrogen-bond acceptors (Lipinski definition) is 7. The molecule has 0 aliphatic carbocycles. The van der Waals surface area contributed by atoms with E-state index in [1.54, 1.807) is 11.3 Å². The molecule has 1 aliphatic rings. The van der Waals surface area contributed by atoms with Crippen LogP contribution in [0.15, 0.2) is 11.4 Å². The maximum absolute atomic E-state index is 10.1. The number of aromatic nitrogens is 2. The zero-order valence-electron chi connectivity index (χ0n) is 11.5. The Morgan fingerprint density at radius 1 is 1.55 bits per heavy atom. The fraction of sp³-hybridized carbons (Fsp3) is 0.538. The molecule has 1 unspecified atom stereocenters. The lowest BCUT2D eigenvalue weighted by Gasteiger charge is -2.36. The van der Waals surface area contributed by atoms with Gasteiger partial charge in [0.2, 0.25) is 0 Å². The molecule has 2 aromatic rings. The predicted octanol–water partition coefficient (Wildman–Crippen LogP) is 1.32. The summed E-state index contributed by atoms with van der Waals surface area (Å²) in [6.45, 7) is 4.14. The van der Waals surface area contributed by atoms with Crippen LogP contribution in [0.1, 0.15) is 25.6 Å². The first-order valence-electron chi connectivity index (χ1n) is 6.73. The molecule has 108 valence electrons. The van der Waals surface area contributed by atoms with Gasteiger partial charge in [-0.05, 0) is 37.8 Å². The van der Waals surface area contributed by atoms with Crippen molar-refractivity contribution in [2.75, 3.05) is 18.5 Å². The van der Waals surface area contributed by atoms with Crippen LogP contribution < -0.4 is 11.3 Å². The summed E-state index contributed by atoms with van der Waals surface area (Å²) in [5.74, 6) is 6.93. The van der Waals surface area contributed by atoms with Crippen LogP contribution in [-0.2, 0) is 6.54 Å². The van der Waals surface area contributed by atoms with Gasteiger partial charge in [0.25, 0.3) is 0 Å². The molecule has 4 N–H and O–H groups in total. The lowest BCUT2D eigenvalue weighted by molar-refractivity contribution is -0.0188. The molecule has 1 fully saturated rings. The highest BCUT2D eigenvalue weighted by molar-refractivity contribution is 7.16. The van der Waals surface area contributed by atoms with Crippen molar-refractivity contribution in [1.29, 1.82) is 0 Å². The third-order valence-corrected chi connectivity index (χ3v) is 4.43. The van der Waals surface area contributed by atoms with Gasteiger partial charge in [-0.25, -0.2) is 15.8 Å². The van der Waals surface area contributed by atoms with E-state index in [9.17, 15) is 5.11 Å². The largest absolute Gasteiger partial charge is 0.389 e. The van der Waals surface area contributed by atoms with Gasteiger partial charge in [0.15, 0.2) is 5.82 Å². The molecular formula is C13H19N5OS. The molecule has 6 nitrogen and oxygen atoms in total. The van der Waals surface area contributed by atoms with E-state index < -0.39 is 5.60 Å². The first-order valence-corrected chi connectivity index (χ1v) is 7.61. The van der Waals surface area contributed by atoms with Gasteiger partial charge in [0.05, 0.1) is 17.5 Å². The number of nitrogen functional groups attached to an aromatic ring is 1. The Balaban J connectivity index is 1.83. The molecule has 0 aromatic carbocycles. The second-order valence-electron chi connectivity index (χ2n) is 5.58. The highest BCUT2D eigenvalue weighted by Gasteiger charge is 2.28. The van der Waals surface area contributed by atoms with Gasteiger partial charge in [-0.1, -0.05) is 0 Å². The number of hydrazine groups is 1. The summed E-state index contributed by atoms with van der Waals surface area (Å²) >= 11 is 1.58. The van der Waals surface area contributed by atoms with Crippen LogP contribution in [0.5, 0.6) is 0 Å². The van der Waals surface area contributed by atoms with E-state index in [0.717, 1.165) is 35.4 Å². The molecule has 0 bridgehead atoms. The summed E-state index contributed by atoms with van der Waals surface area (Å²) < 4.78 is 0. The zero-order valence-corrected chi connectivity index (χ0v) is 12.3. The van der Waals surface area contributed by atoms with E-state index in [1.807, 2.05) is 18.4 Å². The summed E-state index contributed by atoms with van der Waals surface area (Å²) in [7, 11) is 0. The van der Waals surface area contributed by atoms with Crippen LogP contribution >= 0.6 is 11.3 Å². The highest BCUT2D eigenvalue weighted by Crippen LogP contribution is 2.26. The van der Waals surface area contributed by atoms with Crippen LogP contribution in [-0.4, -0.2) is 38.7 Å². The maximum atomic E-state index is 10.1. The molecule has 1 atom stereocenters. The van der Waals surface area contributed by atoms with Gasteiger partial charge < -0.3 is 10.5 Å². The highest BCUT2D eigenvalue weighted by atomic mass is 32.1. The molecule has 1 saturated heterocycles. The van der Waals surface area contributed by atoms with Crippen LogP contribution in [0.3, 0.4) is 0 Å². The normalized spacial score (nSPS) is 24.1. The average Bonchev–Trinajstić information content (AvgIpc) is 2.84. The number of fused-ring (bicyclic) bond motifs is 1. The number of aliphatic hydroxyl groups is 1. The molecule has 0 radical (unpaired) electrons. The fourth-order valence-electron chi connectivity index (χ4n) is 2.74. The Morgan fingerprint density at radius 2 is 2.40 bits per heavy atom. The Kier molecular flexibility index (Phi) is 3.59. The number of nitrogens with one attached hydrogen (secondary N) is 1. The van der Waals surface area contributed by atoms with E-state index in [2.05, 4.69) is 20.3 Å². The number of hydrogen-bond donors (Lipinski definition) is 3. The monoisotopic (exact) mass is 293 g/mol. The van der Waals surface area contributed by atoms with Crippen molar-refractivity contribution in [3.8, 4) is 0 Å². The molecule has 7 heteroatoms. The topological polar surface area (TPSA) is 87.3 Å². The zero-order chi connectivity index (χ0) is 14.2. The van der Waals surface area contributed by atoms with Gasteiger partial charge in [-0.15, -0.1) is 11.3 Å². The number of β-amino-alcohol motifs (C(OH)–C–C–N with tert-alkyl or cyclic N) is 1. The third-order valence-electron chi connectivity index (χ3n) is 3.63. The van der Waals surface area contributed by atoms with Crippen molar-refractivity contribution in [2.24, 2.45) is 5.84 Å². The smallest absolute Gasteiger partial charge is 0.152 e. The van der Waals surface area contributed by atoms with Gasteiger partial charge in [-0.2, -0.15) is 0 Å². The average molecular weight is 293 g/mol. The lowest BCUT2D eigenvalue weighted by Crippen LogP contribution is -2.45. The van der Waals surface area contributed by atoms with Crippen LogP contribution in [0.25, 0.3) is 10.2 Å². The standard InChI is InChI=1S/C13H19N5OS/c1-13(19)4-2-5-18(8-13)7-10-15-11(17-14)9-3-6-20-12(9)16-10/h3,6,19H,2,4-5,7-8,14H2,1H3,(H,15,16,17). The van der Waals surface area contributed by atoms with Crippen molar-refractivity contribution in [3.63, 3.8) is 0 Å². The van der Waals surface area contributed by atoms with Gasteiger partial charge >= 0.3 is 0 Å². The van der Waals surface area contributed by atoms with Crippen molar-refractivity contribution in [3.05, 3.63) is 17.3 Å². The van der Waals surface area contributed by atoms with Gasteiger partial charge in [0, 0.05) is 6.54 Å². The molecular weight excluding hydrogens is 274 g/mol. The Bertz CT molecular complexity index is 612. The van der Waals surface area contributed by atoms with Gasteiger partial charge in [-0.3, -0.25) is 4.90 Å². The van der Waals surface area contributed by atoms with Crippen molar-refractivity contribution >= 4 is 27.4 Å². The number of piperidine rings is 1. The summed E-state index contributed by atoms with van der Waals surface area (Å²) in [4.78, 5) is 12.2. The van der Waals surface area contributed by atoms with E-state index in [-0.39, 0.29) is 0 Å². The SMILES string of the molecule is CC1(O)CCCN(Cc2nc(NN)c3ccsc3n2)C1. The quantitative estimate of drug-likeness (QED) is 0.584. The van der Waals surface area contributed by atoms with Crippen molar-refractivity contribution in [2.45, 2.75) is 31.9 Å². The molecule has 0 amide bonds. The van der Waals surface area contributed by atoms with E-state index in [1.165, 1.54) is 0 Å². The second kappa shape index (κ2) is 5.25. The number of likely N-dealkylation sites (tertiary alicyclic amines) is 1. The van der Waals surface area contributed by atoms with Crippen molar-refractivity contribution < 1.29 is 5.11 Å². The summed E-state index contributed by atoms with van der Waals surface area (Å²) in [5.41, 5.74) is 2.03. The van der Waals surface area contributed by atoms with E-state index in [0.29, 0.717) is 18.9 Å². The van der Waals surface area contributed by atoms with E-state index in [4.69, 9.17) is 5.84 Å². The van der Waals surface area contributed by atoms with Crippen LogP contribution in [0.2, 0.25) is 0 Å². The Morgan fingerprint density at radius 3 is 3.15 bits per heavy atom. The minimum atomic E-state index is -0.611. The van der Waals surface area contributed by atoms with Crippen LogP contribution in [0, 0.1) is 0 Å². The Labute approximate surface area is 121 Å². The maximum Gasteiger partial charge on any atom is 0.152 e. The number of anilines is 1. The van der Waals surface area contributed by atoms with Gasteiger partial charge in [0.1, 0.15) is 10.7 Å². The minimum Gasteiger partial charge on any atom is -0.389 e. The first-order chi connectivity index (χ1) is 9.57. The molecule has 0 saturated carbocycles. The van der Waals surface area contributed by atoms with Crippen molar-refractivity contribution in [1.82, 2.24) is 14.9 Å². The first kappa shape index (κ1) is 13.7.